The Morgan fingerprint density at radius 3 is 2.24 bits per heavy atom. The van der Waals surface area contributed by atoms with Gasteiger partial charge in [0.15, 0.2) is 0 Å². The van der Waals surface area contributed by atoms with Crippen molar-refractivity contribution in [3.8, 4) is 0 Å². The molecular weight excluding hydrogens is 315 g/mol. The number of rotatable bonds is 8. The zero-order chi connectivity index (χ0) is 18.2. The lowest BCUT2D eigenvalue weighted by Crippen LogP contribution is -2.33. The highest BCUT2D eigenvalue weighted by atomic mass is 19.1. The van der Waals surface area contributed by atoms with Crippen LogP contribution in [0.2, 0.25) is 0 Å². The van der Waals surface area contributed by atoms with Crippen molar-refractivity contribution >= 4 is 11.6 Å². The molecule has 0 radical (unpaired) electrons. The fraction of sp³-hybridized carbons (Fsp3) is 0.381. The smallest absolute Gasteiger partial charge is 0.238 e. The summed E-state index contributed by atoms with van der Waals surface area (Å²) in [5.41, 5.74) is 4.12. The maximum atomic E-state index is 13.3. The first-order valence-corrected chi connectivity index (χ1v) is 8.94. The molecule has 0 spiro atoms. The van der Waals surface area contributed by atoms with Gasteiger partial charge < -0.3 is 5.32 Å². The Balaban J connectivity index is 2.05. The van der Waals surface area contributed by atoms with Gasteiger partial charge in [-0.1, -0.05) is 51.1 Å². The van der Waals surface area contributed by atoms with Crippen LogP contribution >= 0.6 is 0 Å². The summed E-state index contributed by atoms with van der Waals surface area (Å²) in [6, 6.07) is 12.7. The Labute approximate surface area is 149 Å². The molecule has 0 aliphatic carbocycles. The average molecular weight is 342 g/mol. The molecule has 0 atom stereocenters. The molecular formula is C21H27FN2O. The molecule has 1 N–H and O–H groups in total. The van der Waals surface area contributed by atoms with E-state index in [-0.39, 0.29) is 18.3 Å². The average Bonchev–Trinajstić information content (AvgIpc) is 2.61. The Morgan fingerprint density at radius 2 is 1.68 bits per heavy atom. The van der Waals surface area contributed by atoms with Gasteiger partial charge in [-0.2, -0.15) is 0 Å². The third kappa shape index (κ3) is 5.40. The minimum Gasteiger partial charge on any atom is -0.324 e. The van der Waals surface area contributed by atoms with Crippen molar-refractivity contribution in [1.82, 2.24) is 4.90 Å². The molecule has 0 aliphatic rings. The van der Waals surface area contributed by atoms with E-state index in [1.165, 1.54) is 12.1 Å². The number of halogens is 1. The number of hydrogen-bond donors (Lipinski definition) is 1. The lowest BCUT2D eigenvalue weighted by Gasteiger charge is -2.21. The molecule has 0 unspecified atom stereocenters. The molecule has 0 aliphatic heterocycles. The standard InChI is InChI=1S/C21H27FN2O/c1-4-17-10-8-11-18(5-2)21(17)23-20(25)15-24(6-3)14-16-9-7-12-19(22)13-16/h7-13H,4-6,14-15H2,1-3H3,(H,23,25). The van der Waals surface area contributed by atoms with Crippen molar-refractivity contribution in [2.24, 2.45) is 0 Å². The van der Waals surface area contributed by atoms with Crippen LogP contribution in [0.5, 0.6) is 0 Å². The summed E-state index contributed by atoms with van der Waals surface area (Å²) in [6.45, 7) is 7.75. The molecule has 0 heterocycles. The first kappa shape index (κ1) is 19.1. The third-order valence-electron chi connectivity index (χ3n) is 4.37. The van der Waals surface area contributed by atoms with Crippen LogP contribution in [0.15, 0.2) is 42.5 Å². The number of amides is 1. The van der Waals surface area contributed by atoms with E-state index in [1.807, 2.05) is 24.0 Å². The van der Waals surface area contributed by atoms with Crippen molar-refractivity contribution in [3.05, 3.63) is 65.0 Å². The largest absolute Gasteiger partial charge is 0.324 e. The third-order valence-corrected chi connectivity index (χ3v) is 4.37. The minimum atomic E-state index is -0.248. The summed E-state index contributed by atoms with van der Waals surface area (Å²) in [7, 11) is 0. The van der Waals surface area contributed by atoms with Gasteiger partial charge in [0.2, 0.25) is 5.91 Å². The quantitative estimate of drug-likeness (QED) is 0.770. The van der Waals surface area contributed by atoms with E-state index in [4.69, 9.17) is 0 Å². The van der Waals surface area contributed by atoms with Gasteiger partial charge in [-0.15, -0.1) is 0 Å². The van der Waals surface area contributed by atoms with Gasteiger partial charge >= 0.3 is 0 Å². The molecule has 2 aromatic rings. The first-order chi connectivity index (χ1) is 12.1. The van der Waals surface area contributed by atoms with Gasteiger partial charge in [-0.05, 0) is 48.2 Å². The normalized spacial score (nSPS) is 10.9. The molecule has 25 heavy (non-hydrogen) atoms. The summed E-state index contributed by atoms with van der Waals surface area (Å²) in [5.74, 6) is -0.281. The van der Waals surface area contributed by atoms with Crippen molar-refractivity contribution in [1.29, 1.82) is 0 Å². The van der Waals surface area contributed by atoms with Gasteiger partial charge in [-0.3, -0.25) is 9.69 Å². The molecule has 0 aromatic heterocycles. The summed E-state index contributed by atoms with van der Waals surface area (Å²) < 4.78 is 13.3. The van der Waals surface area contributed by atoms with Crippen LogP contribution in [-0.2, 0) is 24.2 Å². The Hall–Kier alpha value is -2.20. The van der Waals surface area contributed by atoms with E-state index in [2.05, 4.69) is 31.3 Å². The fourth-order valence-corrected chi connectivity index (χ4v) is 2.96. The van der Waals surface area contributed by atoms with E-state index in [0.717, 1.165) is 41.8 Å². The van der Waals surface area contributed by atoms with Crippen LogP contribution in [0.1, 0.15) is 37.5 Å². The highest BCUT2D eigenvalue weighted by Crippen LogP contribution is 2.22. The SMILES string of the molecule is CCc1cccc(CC)c1NC(=O)CN(CC)Cc1cccc(F)c1. The van der Waals surface area contributed by atoms with Crippen LogP contribution in [0.3, 0.4) is 0 Å². The van der Waals surface area contributed by atoms with Crippen LogP contribution in [-0.4, -0.2) is 23.9 Å². The van der Waals surface area contributed by atoms with E-state index in [0.29, 0.717) is 6.54 Å². The number of carbonyl (C=O) groups is 1. The van der Waals surface area contributed by atoms with E-state index >= 15 is 0 Å². The molecule has 2 aromatic carbocycles. The van der Waals surface area contributed by atoms with E-state index < -0.39 is 0 Å². The van der Waals surface area contributed by atoms with Crippen molar-refractivity contribution in [2.75, 3.05) is 18.4 Å². The minimum absolute atomic E-state index is 0.0335. The van der Waals surface area contributed by atoms with Gasteiger partial charge in [0.05, 0.1) is 6.54 Å². The fourth-order valence-electron chi connectivity index (χ4n) is 2.96. The highest BCUT2D eigenvalue weighted by Gasteiger charge is 2.13. The number of hydrogen-bond acceptors (Lipinski definition) is 2. The van der Waals surface area contributed by atoms with Gasteiger partial charge in [0.1, 0.15) is 5.82 Å². The Kier molecular flexibility index (Phi) is 7.14. The zero-order valence-electron chi connectivity index (χ0n) is 15.3. The second-order valence-electron chi connectivity index (χ2n) is 6.14. The molecule has 1 amide bonds. The predicted molar refractivity (Wildman–Crippen MR) is 101 cm³/mol. The maximum absolute atomic E-state index is 13.3. The van der Waals surface area contributed by atoms with Crippen LogP contribution < -0.4 is 5.32 Å². The van der Waals surface area contributed by atoms with Gasteiger partial charge in [-0.25, -0.2) is 4.39 Å². The van der Waals surface area contributed by atoms with Gasteiger partial charge in [0.25, 0.3) is 0 Å². The highest BCUT2D eigenvalue weighted by molar-refractivity contribution is 5.93. The predicted octanol–water partition coefficient (Wildman–Crippen LogP) is 4.41. The number of carbonyl (C=O) groups excluding carboxylic acids is 1. The molecule has 0 saturated heterocycles. The molecule has 4 heteroatoms. The first-order valence-electron chi connectivity index (χ1n) is 8.94. The summed E-state index contributed by atoms with van der Waals surface area (Å²) in [4.78, 5) is 14.6. The number of para-hydroxylation sites is 1. The zero-order valence-corrected chi connectivity index (χ0v) is 15.3. The lowest BCUT2D eigenvalue weighted by atomic mass is 10.0. The van der Waals surface area contributed by atoms with Crippen LogP contribution in [0, 0.1) is 5.82 Å². The Morgan fingerprint density at radius 1 is 1.04 bits per heavy atom. The van der Waals surface area contributed by atoms with Crippen molar-refractivity contribution < 1.29 is 9.18 Å². The van der Waals surface area contributed by atoms with E-state index in [1.54, 1.807) is 6.07 Å². The summed E-state index contributed by atoms with van der Waals surface area (Å²) in [5, 5.41) is 3.09. The number of benzene rings is 2. The molecule has 3 nitrogen and oxygen atoms in total. The van der Waals surface area contributed by atoms with Gasteiger partial charge in [0, 0.05) is 12.2 Å². The number of aryl methyl sites for hydroxylation is 2. The van der Waals surface area contributed by atoms with Crippen molar-refractivity contribution in [3.63, 3.8) is 0 Å². The molecule has 2 rings (SSSR count). The number of anilines is 1. The molecule has 0 saturated carbocycles. The summed E-state index contributed by atoms with van der Waals surface area (Å²) in [6.07, 6.45) is 1.76. The monoisotopic (exact) mass is 342 g/mol. The van der Waals surface area contributed by atoms with E-state index in [9.17, 15) is 9.18 Å². The van der Waals surface area contributed by atoms with Crippen molar-refractivity contribution in [2.45, 2.75) is 40.2 Å². The topological polar surface area (TPSA) is 32.3 Å². The van der Waals surface area contributed by atoms with Crippen LogP contribution in [0.4, 0.5) is 10.1 Å². The molecule has 0 bridgehead atoms. The lowest BCUT2D eigenvalue weighted by molar-refractivity contribution is -0.117. The molecule has 0 fully saturated rings. The number of likely N-dealkylation sites (N-methyl/N-ethyl adjacent to an activating group) is 1. The van der Waals surface area contributed by atoms with Crippen LogP contribution in [0.25, 0.3) is 0 Å². The number of nitrogens with one attached hydrogen (secondary N) is 1. The second-order valence-corrected chi connectivity index (χ2v) is 6.14. The Bertz CT molecular complexity index is 693. The number of nitrogens with zero attached hydrogens (tertiary/aromatic N) is 1. The summed E-state index contributed by atoms with van der Waals surface area (Å²) >= 11 is 0. The molecule has 134 valence electrons. The second kappa shape index (κ2) is 9.33. The maximum Gasteiger partial charge on any atom is 0.238 e.